The molecule has 0 N–H and O–H groups in total. The summed E-state index contributed by atoms with van der Waals surface area (Å²) < 4.78 is 0. The van der Waals surface area contributed by atoms with Crippen LogP contribution in [0.25, 0.3) is 0 Å². The lowest BCUT2D eigenvalue weighted by Crippen LogP contribution is -2.29. The first-order valence-electron chi connectivity index (χ1n) is 6.51. The molecule has 0 amide bonds. The molecule has 1 aliphatic rings. The van der Waals surface area contributed by atoms with Gasteiger partial charge in [0.05, 0.1) is 22.2 Å². The molecule has 98 valence electrons. The first-order valence-corrected chi connectivity index (χ1v) is 7.33. The zero-order chi connectivity index (χ0) is 13.3. The van der Waals surface area contributed by atoms with Crippen LogP contribution in [-0.2, 0) is 5.41 Å². The smallest absolute Gasteiger partial charge is 0.0963 e. The van der Waals surface area contributed by atoms with E-state index in [1.165, 1.54) is 17.8 Å². The van der Waals surface area contributed by atoms with Crippen LogP contribution in [0.2, 0.25) is 0 Å². The lowest BCUT2D eigenvalue weighted by Gasteiger charge is -2.27. The van der Waals surface area contributed by atoms with E-state index in [1.54, 1.807) is 11.3 Å². The topological polar surface area (TPSA) is 39.9 Å². The molecular formula is C14H21N3S. The highest BCUT2D eigenvalue weighted by atomic mass is 32.1. The second-order valence-electron chi connectivity index (χ2n) is 5.78. The number of thiazole rings is 1. The minimum absolute atomic E-state index is 0.411. The summed E-state index contributed by atoms with van der Waals surface area (Å²) in [4.78, 5) is 8.23. The van der Waals surface area contributed by atoms with Gasteiger partial charge in [-0.15, -0.1) is 11.3 Å². The number of piperidine rings is 1. The Morgan fingerprint density at radius 2 is 2.00 bits per heavy atom. The highest BCUT2D eigenvalue weighted by Gasteiger charge is 2.28. The third kappa shape index (κ3) is 2.57. The van der Waals surface area contributed by atoms with Gasteiger partial charge in [0, 0.05) is 10.8 Å². The number of hydrogen-bond donors (Lipinski definition) is 0. The monoisotopic (exact) mass is 263 g/mol. The predicted molar refractivity (Wildman–Crippen MR) is 75.0 cm³/mol. The van der Waals surface area contributed by atoms with Gasteiger partial charge in [0.2, 0.25) is 0 Å². The molecule has 0 atom stereocenters. The summed E-state index contributed by atoms with van der Waals surface area (Å²) in [5.74, 6) is 0.591. The summed E-state index contributed by atoms with van der Waals surface area (Å²) in [7, 11) is 2.17. The normalized spacial score (nSPS) is 18.8. The quantitative estimate of drug-likeness (QED) is 0.823. The van der Waals surface area contributed by atoms with Crippen molar-refractivity contribution >= 4 is 11.3 Å². The summed E-state index contributed by atoms with van der Waals surface area (Å²) in [6.45, 7) is 8.29. The van der Waals surface area contributed by atoms with Gasteiger partial charge in [-0.2, -0.15) is 5.26 Å². The van der Waals surface area contributed by atoms with Crippen LogP contribution < -0.4 is 0 Å². The second kappa shape index (κ2) is 4.99. The third-order valence-electron chi connectivity index (χ3n) is 3.73. The van der Waals surface area contributed by atoms with Crippen molar-refractivity contribution in [2.24, 2.45) is 0 Å². The molecule has 0 aliphatic carbocycles. The number of nitrogens with zero attached hydrogens (tertiary/aromatic N) is 3. The molecular weight excluding hydrogens is 242 g/mol. The maximum absolute atomic E-state index is 9.25. The number of hydrogen-bond acceptors (Lipinski definition) is 4. The van der Waals surface area contributed by atoms with Crippen molar-refractivity contribution in [2.75, 3.05) is 20.1 Å². The molecule has 0 bridgehead atoms. The Morgan fingerprint density at radius 1 is 1.39 bits per heavy atom. The van der Waals surface area contributed by atoms with Crippen molar-refractivity contribution in [3.8, 4) is 6.07 Å². The lowest BCUT2D eigenvalue weighted by atomic mass is 9.93. The summed E-state index contributed by atoms with van der Waals surface area (Å²) >= 11 is 1.75. The van der Waals surface area contributed by atoms with Gasteiger partial charge in [-0.3, -0.25) is 0 Å². The summed E-state index contributed by atoms with van der Waals surface area (Å²) in [5, 5.41) is 10.5. The molecule has 0 spiro atoms. The first kappa shape index (κ1) is 13.5. The summed E-state index contributed by atoms with van der Waals surface area (Å²) in [5.41, 5.74) is 0.631. The van der Waals surface area contributed by atoms with E-state index < -0.39 is 5.41 Å². The van der Waals surface area contributed by atoms with Gasteiger partial charge in [-0.05, 0) is 53.8 Å². The van der Waals surface area contributed by atoms with Crippen molar-refractivity contribution in [1.29, 1.82) is 5.26 Å². The van der Waals surface area contributed by atoms with Crippen LogP contribution in [-0.4, -0.2) is 30.0 Å². The summed E-state index contributed by atoms with van der Waals surface area (Å²) in [6, 6.07) is 2.38. The number of nitriles is 1. The minimum Gasteiger partial charge on any atom is -0.306 e. The van der Waals surface area contributed by atoms with E-state index in [9.17, 15) is 5.26 Å². The van der Waals surface area contributed by atoms with Gasteiger partial charge in [-0.1, -0.05) is 0 Å². The molecule has 3 nitrogen and oxygen atoms in total. The van der Waals surface area contributed by atoms with E-state index in [4.69, 9.17) is 4.98 Å². The molecule has 1 aromatic heterocycles. The first-order chi connectivity index (χ1) is 8.44. The van der Waals surface area contributed by atoms with Crippen LogP contribution in [0.3, 0.4) is 0 Å². The number of rotatable bonds is 2. The number of aromatic nitrogens is 1. The van der Waals surface area contributed by atoms with Gasteiger partial charge in [0.15, 0.2) is 0 Å². The van der Waals surface area contributed by atoms with E-state index in [-0.39, 0.29) is 0 Å². The average Bonchev–Trinajstić information content (AvgIpc) is 2.73. The molecule has 18 heavy (non-hydrogen) atoms. The fourth-order valence-corrected chi connectivity index (χ4v) is 3.77. The second-order valence-corrected chi connectivity index (χ2v) is 6.81. The van der Waals surface area contributed by atoms with E-state index in [1.807, 2.05) is 20.8 Å². The molecule has 0 aromatic carbocycles. The molecule has 0 radical (unpaired) electrons. The van der Waals surface area contributed by atoms with E-state index in [0.29, 0.717) is 5.92 Å². The van der Waals surface area contributed by atoms with Crippen molar-refractivity contribution in [2.45, 2.75) is 44.9 Å². The Morgan fingerprint density at radius 3 is 2.56 bits per heavy atom. The van der Waals surface area contributed by atoms with E-state index >= 15 is 0 Å². The highest BCUT2D eigenvalue weighted by molar-refractivity contribution is 7.12. The van der Waals surface area contributed by atoms with Gasteiger partial charge < -0.3 is 4.90 Å². The van der Waals surface area contributed by atoms with Crippen LogP contribution in [0, 0.1) is 18.3 Å². The molecule has 2 rings (SSSR count). The Labute approximate surface area is 113 Å². The van der Waals surface area contributed by atoms with Crippen LogP contribution in [0.1, 0.15) is 48.2 Å². The zero-order valence-corrected chi connectivity index (χ0v) is 12.5. The molecule has 1 fully saturated rings. The average molecular weight is 263 g/mol. The number of likely N-dealkylation sites (tertiary alicyclic amines) is 1. The van der Waals surface area contributed by atoms with Crippen molar-refractivity contribution in [1.82, 2.24) is 9.88 Å². The fraction of sp³-hybridized carbons (Fsp3) is 0.714. The lowest BCUT2D eigenvalue weighted by molar-refractivity contribution is 0.255. The van der Waals surface area contributed by atoms with Gasteiger partial charge in [0.1, 0.15) is 0 Å². The SMILES string of the molecule is Cc1nc(C2CCN(C)CC2)sc1C(C)(C)C#N. The van der Waals surface area contributed by atoms with Crippen molar-refractivity contribution < 1.29 is 0 Å². The van der Waals surface area contributed by atoms with Crippen molar-refractivity contribution in [3.05, 3.63) is 15.6 Å². The Kier molecular flexibility index (Phi) is 3.74. The van der Waals surface area contributed by atoms with E-state index in [0.717, 1.165) is 23.7 Å². The molecule has 1 aromatic rings. The predicted octanol–water partition coefficient (Wildman–Crippen LogP) is 3.06. The Bertz CT molecular complexity index is 462. The van der Waals surface area contributed by atoms with Crippen LogP contribution in [0.4, 0.5) is 0 Å². The Hall–Kier alpha value is -0.920. The van der Waals surface area contributed by atoms with Crippen LogP contribution >= 0.6 is 11.3 Å². The Balaban J connectivity index is 2.22. The van der Waals surface area contributed by atoms with Gasteiger partial charge in [-0.25, -0.2) is 4.98 Å². The molecule has 4 heteroatoms. The van der Waals surface area contributed by atoms with Gasteiger partial charge in [0.25, 0.3) is 0 Å². The van der Waals surface area contributed by atoms with Crippen molar-refractivity contribution in [3.63, 3.8) is 0 Å². The van der Waals surface area contributed by atoms with Crippen LogP contribution in [0.5, 0.6) is 0 Å². The summed E-state index contributed by atoms with van der Waals surface area (Å²) in [6.07, 6.45) is 2.38. The number of aryl methyl sites for hydroxylation is 1. The van der Waals surface area contributed by atoms with Crippen LogP contribution in [0.15, 0.2) is 0 Å². The largest absolute Gasteiger partial charge is 0.306 e. The molecule has 1 saturated heterocycles. The van der Waals surface area contributed by atoms with Gasteiger partial charge >= 0.3 is 0 Å². The minimum atomic E-state index is -0.411. The highest BCUT2D eigenvalue weighted by Crippen LogP contribution is 2.37. The fourth-order valence-electron chi connectivity index (χ4n) is 2.48. The molecule has 0 saturated carbocycles. The zero-order valence-electron chi connectivity index (χ0n) is 11.7. The van der Waals surface area contributed by atoms with E-state index in [2.05, 4.69) is 18.0 Å². The standard InChI is InChI=1S/C14H21N3S/c1-10-12(14(2,3)9-15)18-13(16-10)11-5-7-17(4)8-6-11/h11H,5-8H2,1-4H3. The molecule has 2 heterocycles. The third-order valence-corrected chi connectivity index (χ3v) is 5.37. The molecule has 1 aliphatic heterocycles. The maximum atomic E-state index is 9.25. The maximum Gasteiger partial charge on any atom is 0.0963 e. The molecule has 0 unspecified atom stereocenters.